The lowest BCUT2D eigenvalue weighted by Crippen LogP contribution is -2.33. The van der Waals surface area contributed by atoms with Gasteiger partial charge in [-0.05, 0) is 18.5 Å². The molecule has 0 heterocycles. The first-order valence-electron chi connectivity index (χ1n) is 5.78. The smallest absolute Gasteiger partial charge is 0.251 e. The van der Waals surface area contributed by atoms with E-state index in [9.17, 15) is 8.78 Å². The van der Waals surface area contributed by atoms with Crippen LogP contribution < -0.4 is 5.73 Å². The van der Waals surface area contributed by atoms with Crippen LogP contribution in [0.15, 0.2) is 30.3 Å². The summed E-state index contributed by atoms with van der Waals surface area (Å²) < 4.78 is 24.4. The molecule has 1 aromatic carbocycles. The highest BCUT2D eigenvalue weighted by molar-refractivity contribution is 5.19. The molecule has 0 aliphatic rings. The fraction of sp³-hybridized carbons (Fsp3) is 0.538. The SMILES string of the molecule is CC(CN(C)CC(F)F)C(N)c1ccccc1. The molecule has 0 saturated heterocycles. The number of rotatable bonds is 6. The standard InChI is InChI=1S/C13H20F2N2/c1-10(8-17(2)9-12(14)15)13(16)11-6-4-3-5-7-11/h3-7,10,12-13H,8-9,16H2,1-2H3. The molecule has 4 heteroatoms. The molecule has 0 radical (unpaired) electrons. The molecule has 0 bridgehead atoms. The summed E-state index contributed by atoms with van der Waals surface area (Å²) in [5, 5.41) is 0. The van der Waals surface area contributed by atoms with E-state index in [2.05, 4.69) is 0 Å². The molecule has 96 valence electrons. The molecule has 1 aromatic rings. The first-order chi connectivity index (χ1) is 8.00. The van der Waals surface area contributed by atoms with Gasteiger partial charge >= 0.3 is 0 Å². The van der Waals surface area contributed by atoms with Crippen molar-refractivity contribution >= 4 is 0 Å². The summed E-state index contributed by atoms with van der Waals surface area (Å²) in [4.78, 5) is 1.62. The van der Waals surface area contributed by atoms with Crippen molar-refractivity contribution in [2.24, 2.45) is 11.7 Å². The molecule has 0 aromatic heterocycles. The third-order valence-electron chi connectivity index (χ3n) is 2.85. The molecule has 0 aliphatic heterocycles. The third kappa shape index (κ3) is 4.79. The minimum atomic E-state index is -2.29. The zero-order valence-electron chi connectivity index (χ0n) is 10.3. The molecule has 2 atom stereocenters. The topological polar surface area (TPSA) is 29.3 Å². The van der Waals surface area contributed by atoms with E-state index in [1.807, 2.05) is 37.3 Å². The summed E-state index contributed by atoms with van der Waals surface area (Å²) in [6.45, 7) is 2.35. The molecule has 0 saturated carbocycles. The van der Waals surface area contributed by atoms with E-state index in [-0.39, 0.29) is 18.5 Å². The summed E-state index contributed by atoms with van der Waals surface area (Å²) in [5.74, 6) is 0.140. The van der Waals surface area contributed by atoms with Crippen LogP contribution in [0.2, 0.25) is 0 Å². The molecule has 2 unspecified atom stereocenters. The van der Waals surface area contributed by atoms with Gasteiger partial charge in [0.15, 0.2) is 0 Å². The van der Waals surface area contributed by atoms with Crippen LogP contribution in [-0.4, -0.2) is 31.5 Å². The van der Waals surface area contributed by atoms with Gasteiger partial charge in [-0.15, -0.1) is 0 Å². The van der Waals surface area contributed by atoms with E-state index in [4.69, 9.17) is 5.73 Å². The van der Waals surface area contributed by atoms with Gasteiger partial charge in [0.05, 0.1) is 6.54 Å². The maximum atomic E-state index is 12.2. The second kappa shape index (κ2) is 6.67. The number of nitrogens with zero attached hydrogens (tertiary/aromatic N) is 1. The molecule has 0 fully saturated rings. The Bertz CT molecular complexity index is 316. The summed E-state index contributed by atoms with van der Waals surface area (Å²) in [6, 6.07) is 9.62. The Morgan fingerprint density at radius 2 is 1.76 bits per heavy atom. The Morgan fingerprint density at radius 3 is 2.29 bits per heavy atom. The minimum Gasteiger partial charge on any atom is -0.324 e. The summed E-state index contributed by atoms with van der Waals surface area (Å²) in [6.07, 6.45) is -2.29. The Morgan fingerprint density at radius 1 is 1.18 bits per heavy atom. The van der Waals surface area contributed by atoms with E-state index in [0.29, 0.717) is 6.54 Å². The Hall–Kier alpha value is -1.00. The van der Waals surface area contributed by atoms with Crippen molar-refractivity contribution < 1.29 is 8.78 Å². The van der Waals surface area contributed by atoms with E-state index in [0.717, 1.165) is 5.56 Å². The van der Waals surface area contributed by atoms with Crippen LogP contribution in [0.4, 0.5) is 8.78 Å². The molecular weight excluding hydrogens is 222 g/mol. The van der Waals surface area contributed by atoms with Crippen LogP contribution in [0, 0.1) is 5.92 Å². The molecule has 1 rings (SSSR count). The van der Waals surface area contributed by atoms with Gasteiger partial charge in [0.25, 0.3) is 6.43 Å². The molecule has 0 aliphatic carbocycles. The number of benzene rings is 1. The van der Waals surface area contributed by atoms with Gasteiger partial charge in [0, 0.05) is 12.6 Å². The van der Waals surface area contributed by atoms with Crippen molar-refractivity contribution in [2.75, 3.05) is 20.1 Å². The van der Waals surface area contributed by atoms with E-state index in [1.54, 1.807) is 11.9 Å². The second-order valence-corrected chi connectivity index (χ2v) is 4.53. The number of halogens is 2. The maximum Gasteiger partial charge on any atom is 0.251 e. The van der Waals surface area contributed by atoms with E-state index in [1.165, 1.54) is 0 Å². The van der Waals surface area contributed by atoms with Crippen LogP contribution >= 0.6 is 0 Å². The van der Waals surface area contributed by atoms with Gasteiger partial charge in [0.2, 0.25) is 0 Å². The van der Waals surface area contributed by atoms with E-state index >= 15 is 0 Å². The van der Waals surface area contributed by atoms with Gasteiger partial charge in [-0.3, -0.25) is 0 Å². The Balaban J connectivity index is 2.50. The lowest BCUT2D eigenvalue weighted by Gasteiger charge is -2.25. The lowest BCUT2D eigenvalue weighted by atomic mass is 9.95. The molecule has 0 amide bonds. The molecule has 2 N–H and O–H groups in total. The number of alkyl halides is 2. The monoisotopic (exact) mass is 242 g/mol. The minimum absolute atomic E-state index is 0.115. The Kier molecular flexibility index (Phi) is 5.51. The molecule has 0 spiro atoms. The van der Waals surface area contributed by atoms with Crippen molar-refractivity contribution in [2.45, 2.75) is 19.4 Å². The van der Waals surface area contributed by atoms with Gasteiger partial charge in [0.1, 0.15) is 0 Å². The quantitative estimate of drug-likeness (QED) is 0.830. The maximum absolute atomic E-state index is 12.2. The fourth-order valence-corrected chi connectivity index (χ4v) is 1.92. The third-order valence-corrected chi connectivity index (χ3v) is 2.85. The highest BCUT2D eigenvalue weighted by atomic mass is 19.3. The largest absolute Gasteiger partial charge is 0.324 e. The van der Waals surface area contributed by atoms with Crippen LogP contribution in [0.25, 0.3) is 0 Å². The highest BCUT2D eigenvalue weighted by Crippen LogP contribution is 2.19. The van der Waals surface area contributed by atoms with Gasteiger partial charge in [-0.1, -0.05) is 37.3 Å². The predicted octanol–water partition coefficient (Wildman–Crippen LogP) is 2.52. The fourth-order valence-electron chi connectivity index (χ4n) is 1.92. The summed E-state index contributed by atoms with van der Waals surface area (Å²) >= 11 is 0. The molecule has 2 nitrogen and oxygen atoms in total. The van der Waals surface area contributed by atoms with Crippen molar-refractivity contribution in [1.29, 1.82) is 0 Å². The summed E-state index contributed by atoms with van der Waals surface area (Å²) in [5.41, 5.74) is 7.15. The van der Waals surface area contributed by atoms with Crippen LogP contribution in [0.1, 0.15) is 18.5 Å². The normalized spacial score (nSPS) is 15.2. The van der Waals surface area contributed by atoms with Crippen molar-refractivity contribution in [1.82, 2.24) is 4.90 Å². The molecule has 17 heavy (non-hydrogen) atoms. The van der Waals surface area contributed by atoms with Crippen LogP contribution in [-0.2, 0) is 0 Å². The first-order valence-corrected chi connectivity index (χ1v) is 5.78. The van der Waals surface area contributed by atoms with Gasteiger partial charge in [-0.2, -0.15) is 0 Å². The van der Waals surface area contributed by atoms with Crippen molar-refractivity contribution in [3.8, 4) is 0 Å². The van der Waals surface area contributed by atoms with Gasteiger partial charge < -0.3 is 10.6 Å². The van der Waals surface area contributed by atoms with Crippen molar-refractivity contribution in [3.63, 3.8) is 0 Å². The second-order valence-electron chi connectivity index (χ2n) is 4.53. The lowest BCUT2D eigenvalue weighted by molar-refractivity contribution is 0.0923. The van der Waals surface area contributed by atoms with Gasteiger partial charge in [-0.25, -0.2) is 8.78 Å². The first kappa shape index (κ1) is 14.1. The van der Waals surface area contributed by atoms with Crippen LogP contribution in [0.5, 0.6) is 0 Å². The number of hydrogen-bond donors (Lipinski definition) is 1. The van der Waals surface area contributed by atoms with Crippen molar-refractivity contribution in [3.05, 3.63) is 35.9 Å². The van der Waals surface area contributed by atoms with Crippen LogP contribution in [0.3, 0.4) is 0 Å². The highest BCUT2D eigenvalue weighted by Gasteiger charge is 2.17. The Labute approximate surface area is 101 Å². The number of nitrogens with two attached hydrogens (primary N) is 1. The average molecular weight is 242 g/mol. The molecular formula is C13H20F2N2. The number of hydrogen-bond acceptors (Lipinski definition) is 2. The zero-order chi connectivity index (χ0) is 12.8. The zero-order valence-corrected chi connectivity index (χ0v) is 10.3. The predicted molar refractivity (Wildman–Crippen MR) is 66.0 cm³/mol. The average Bonchev–Trinajstić information content (AvgIpc) is 2.28. The van der Waals surface area contributed by atoms with E-state index < -0.39 is 6.43 Å². The summed E-state index contributed by atoms with van der Waals surface area (Å²) in [7, 11) is 1.69.